The predicted molar refractivity (Wildman–Crippen MR) is 128 cm³/mol. The minimum atomic E-state index is -3.70. The number of carbonyl (C=O) groups is 2. The van der Waals surface area contributed by atoms with Gasteiger partial charge in [-0.25, -0.2) is 17.9 Å². The van der Waals surface area contributed by atoms with E-state index >= 15 is 0 Å². The fourth-order valence-corrected chi connectivity index (χ4v) is 4.58. The van der Waals surface area contributed by atoms with Crippen LogP contribution in [0.4, 0.5) is 0 Å². The van der Waals surface area contributed by atoms with Crippen LogP contribution in [0.3, 0.4) is 0 Å². The molecular weight excluding hydrogens is 456 g/mol. The smallest absolute Gasteiger partial charge is 0.340 e. The summed E-state index contributed by atoms with van der Waals surface area (Å²) in [6, 6.07) is 9.77. The molecule has 2 heterocycles. The zero-order valence-corrected chi connectivity index (χ0v) is 20.9. The van der Waals surface area contributed by atoms with Crippen LogP contribution >= 0.6 is 0 Å². The van der Waals surface area contributed by atoms with Crippen LogP contribution in [0.15, 0.2) is 62.6 Å². The van der Waals surface area contributed by atoms with E-state index in [-0.39, 0.29) is 41.0 Å². The Bertz CT molecular complexity index is 1240. The molecule has 0 spiro atoms. The lowest BCUT2D eigenvalue weighted by molar-refractivity contribution is -0.138. The number of benzene rings is 1. The lowest BCUT2D eigenvalue weighted by atomic mass is 10.1. The van der Waals surface area contributed by atoms with Crippen LogP contribution in [0.25, 0.3) is 6.08 Å². The van der Waals surface area contributed by atoms with Gasteiger partial charge in [-0.1, -0.05) is 31.5 Å². The average molecular weight is 487 g/mol. The molecule has 1 aliphatic rings. The van der Waals surface area contributed by atoms with E-state index in [1.807, 2.05) is 20.8 Å². The molecule has 9 heteroatoms. The summed E-state index contributed by atoms with van der Waals surface area (Å²) in [4.78, 5) is 27.4. The van der Waals surface area contributed by atoms with Gasteiger partial charge >= 0.3 is 5.97 Å². The Labute approximate surface area is 200 Å². The summed E-state index contributed by atoms with van der Waals surface area (Å²) in [7, 11) is -3.70. The first-order valence-corrected chi connectivity index (χ1v) is 12.6. The molecule has 0 radical (unpaired) electrons. The zero-order valence-electron chi connectivity index (χ0n) is 20.0. The summed E-state index contributed by atoms with van der Waals surface area (Å²) >= 11 is 0. The summed E-state index contributed by atoms with van der Waals surface area (Å²) in [5, 5.41) is 0. The molecule has 3 rings (SSSR count). The first kappa shape index (κ1) is 25.5. The molecule has 0 unspecified atom stereocenters. The highest BCUT2D eigenvalue weighted by molar-refractivity contribution is 7.89. The van der Waals surface area contributed by atoms with Crippen LogP contribution in [0, 0.1) is 12.8 Å². The van der Waals surface area contributed by atoms with E-state index in [1.54, 1.807) is 43.0 Å². The van der Waals surface area contributed by atoms with Crippen LogP contribution in [-0.2, 0) is 30.9 Å². The Balaban J connectivity index is 1.82. The second-order valence-corrected chi connectivity index (χ2v) is 10.3. The number of aryl methyl sites for hydroxylation is 1. The molecule has 1 aromatic heterocycles. The van der Waals surface area contributed by atoms with Gasteiger partial charge in [0.15, 0.2) is 0 Å². The fraction of sp³-hybridized carbons (Fsp3) is 0.360. The van der Waals surface area contributed by atoms with E-state index in [4.69, 9.17) is 9.15 Å². The van der Waals surface area contributed by atoms with Gasteiger partial charge in [0.1, 0.15) is 11.5 Å². The largest absolute Gasteiger partial charge is 0.462 e. The van der Waals surface area contributed by atoms with E-state index in [0.29, 0.717) is 23.8 Å². The number of nitrogens with zero attached hydrogens (tertiary/aromatic N) is 1. The van der Waals surface area contributed by atoms with Crippen molar-refractivity contribution >= 4 is 28.0 Å². The molecule has 0 aliphatic carbocycles. The molecule has 0 atom stereocenters. The minimum absolute atomic E-state index is 0.0631. The third-order valence-electron chi connectivity index (χ3n) is 5.28. The van der Waals surface area contributed by atoms with Crippen molar-refractivity contribution in [3.63, 3.8) is 0 Å². The van der Waals surface area contributed by atoms with Crippen LogP contribution in [-0.4, -0.2) is 38.3 Å². The Hall–Kier alpha value is -3.17. The van der Waals surface area contributed by atoms with E-state index in [2.05, 4.69) is 4.72 Å². The third kappa shape index (κ3) is 5.66. The molecule has 2 aromatic rings. The Morgan fingerprint density at radius 3 is 2.44 bits per heavy atom. The number of allylic oxidation sites excluding steroid dienone is 1. The Morgan fingerprint density at radius 1 is 1.15 bits per heavy atom. The molecule has 0 fully saturated rings. The Kier molecular flexibility index (Phi) is 7.78. The number of carbonyl (C=O) groups excluding carboxylic acids is 2. The summed E-state index contributed by atoms with van der Waals surface area (Å²) in [5.74, 6) is 0.0357. The summed E-state index contributed by atoms with van der Waals surface area (Å²) in [6.45, 7) is 9.88. The van der Waals surface area contributed by atoms with Crippen molar-refractivity contribution in [2.45, 2.75) is 46.1 Å². The van der Waals surface area contributed by atoms with Gasteiger partial charge in [-0.05, 0) is 57.0 Å². The number of amides is 1. The maximum absolute atomic E-state index is 13.1. The number of hydrogen-bond donors (Lipinski definition) is 1. The second kappa shape index (κ2) is 10.4. The monoisotopic (exact) mass is 486 g/mol. The van der Waals surface area contributed by atoms with Gasteiger partial charge in [-0.3, -0.25) is 4.79 Å². The Morgan fingerprint density at radius 2 is 1.82 bits per heavy atom. The van der Waals surface area contributed by atoms with Gasteiger partial charge < -0.3 is 14.1 Å². The van der Waals surface area contributed by atoms with E-state index in [0.717, 1.165) is 5.56 Å². The summed E-state index contributed by atoms with van der Waals surface area (Å²) < 4.78 is 38.4. The third-order valence-corrected chi connectivity index (χ3v) is 6.69. The van der Waals surface area contributed by atoms with Crippen molar-refractivity contribution in [1.82, 2.24) is 9.62 Å². The number of furan rings is 1. The van der Waals surface area contributed by atoms with Crippen molar-refractivity contribution in [2.75, 3.05) is 13.2 Å². The van der Waals surface area contributed by atoms with Crippen LogP contribution < -0.4 is 4.72 Å². The fourth-order valence-electron chi connectivity index (χ4n) is 3.59. The van der Waals surface area contributed by atoms with Gasteiger partial charge in [0, 0.05) is 12.2 Å². The second-order valence-electron chi connectivity index (χ2n) is 8.49. The predicted octanol–water partition coefficient (Wildman–Crippen LogP) is 3.79. The zero-order chi connectivity index (χ0) is 25.0. The first-order chi connectivity index (χ1) is 16.0. The maximum Gasteiger partial charge on any atom is 0.340 e. The number of nitrogens with one attached hydrogen (secondary N) is 1. The van der Waals surface area contributed by atoms with Crippen molar-refractivity contribution in [1.29, 1.82) is 0 Å². The SMILES string of the molecule is CCOC(=O)C1=C(C)N(CC(C)C)C(=O)/C1=C/c1ccc(CNS(=O)(=O)c2ccc(C)cc2)o1. The van der Waals surface area contributed by atoms with E-state index in [9.17, 15) is 18.0 Å². The minimum Gasteiger partial charge on any atom is -0.462 e. The first-order valence-electron chi connectivity index (χ1n) is 11.1. The molecule has 1 amide bonds. The normalized spacial score (nSPS) is 15.6. The van der Waals surface area contributed by atoms with Crippen molar-refractivity contribution in [3.05, 3.63) is 70.3 Å². The molecule has 1 N–H and O–H groups in total. The van der Waals surface area contributed by atoms with Gasteiger partial charge in [0.25, 0.3) is 5.91 Å². The number of rotatable bonds is 9. The van der Waals surface area contributed by atoms with E-state index in [1.165, 1.54) is 18.2 Å². The highest BCUT2D eigenvalue weighted by Crippen LogP contribution is 2.32. The summed E-state index contributed by atoms with van der Waals surface area (Å²) in [5.41, 5.74) is 1.91. The molecule has 1 aliphatic heterocycles. The molecule has 0 bridgehead atoms. The van der Waals surface area contributed by atoms with E-state index < -0.39 is 16.0 Å². The number of ether oxygens (including phenoxy) is 1. The molecule has 34 heavy (non-hydrogen) atoms. The van der Waals surface area contributed by atoms with Crippen molar-refractivity contribution in [2.24, 2.45) is 5.92 Å². The van der Waals surface area contributed by atoms with Crippen LogP contribution in [0.5, 0.6) is 0 Å². The van der Waals surface area contributed by atoms with Crippen molar-refractivity contribution < 1.29 is 27.2 Å². The molecule has 182 valence electrons. The molecule has 0 saturated carbocycles. The molecular formula is C25H30N2O6S. The van der Waals surface area contributed by atoms with Crippen molar-refractivity contribution in [3.8, 4) is 0 Å². The standard InChI is InChI=1S/C25H30N2O6S/c1-6-32-25(29)23-18(5)27(15-16(2)3)24(28)22(23)13-19-9-10-20(33-19)14-26-34(30,31)21-11-7-17(4)8-12-21/h7-13,16,26H,6,14-15H2,1-5H3/b22-13+. The summed E-state index contributed by atoms with van der Waals surface area (Å²) in [6.07, 6.45) is 1.50. The van der Waals surface area contributed by atoms with Gasteiger partial charge in [0.2, 0.25) is 10.0 Å². The number of sulfonamides is 1. The molecule has 1 aromatic carbocycles. The maximum atomic E-state index is 13.1. The molecule has 0 saturated heterocycles. The topological polar surface area (TPSA) is 106 Å². The van der Waals surface area contributed by atoms with Crippen LogP contribution in [0.2, 0.25) is 0 Å². The van der Waals surface area contributed by atoms with Crippen LogP contribution in [0.1, 0.15) is 44.8 Å². The number of esters is 1. The van der Waals surface area contributed by atoms with Gasteiger partial charge in [-0.2, -0.15) is 0 Å². The lowest BCUT2D eigenvalue weighted by Gasteiger charge is -2.19. The molecule has 8 nitrogen and oxygen atoms in total. The lowest BCUT2D eigenvalue weighted by Crippen LogP contribution is -2.28. The van der Waals surface area contributed by atoms with Gasteiger partial charge in [0.05, 0.1) is 29.2 Å². The highest BCUT2D eigenvalue weighted by atomic mass is 32.2. The van der Waals surface area contributed by atoms with Gasteiger partial charge in [-0.15, -0.1) is 0 Å². The highest BCUT2D eigenvalue weighted by Gasteiger charge is 2.37. The average Bonchev–Trinajstić information content (AvgIpc) is 3.31. The quantitative estimate of drug-likeness (QED) is 0.427. The number of hydrogen-bond acceptors (Lipinski definition) is 6.